The van der Waals surface area contributed by atoms with Crippen LogP contribution in [0.3, 0.4) is 0 Å². The van der Waals surface area contributed by atoms with Crippen molar-refractivity contribution in [3.63, 3.8) is 0 Å². The number of nitrogens with zero attached hydrogens (tertiary/aromatic N) is 3. The van der Waals surface area contributed by atoms with Crippen LogP contribution in [0.15, 0.2) is 41.9 Å². The van der Waals surface area contributed by atoms with Gasteiger partial charge in [0.05, 0.1) is 12.0 Å². The molecule has 0 bridgehead atoms. The molecule has 1 aromatic heterocycles. The molecule has 25 heavy (non-hydrogen) atoms. The fourth-order valence-corrected chi connectivity index (χ4v) is 3.89. The number of benzene rings is 1. The van der Waals surface area contributed by atoms with Gasteiger partial charge in [-0.2, -0.15) is 11.8 Å². The number of hydrogen-bond acceptors (Lipinski definition) is 3. The first-order chi connectivity index (χ1) is 11.8. The zero-order valence-corrected chi connectivity index (χ0v) is 17.3. The fourth-order valence-electron chi connectivity index (χ4n) is 2.69. The highest BCUT2D eigenvalue weighted by Gasteiger charge is 2.15. The average Bonchev–Trinajstić information content (AvgIpc) is 3.29. The van der Waals surface area contributed by atoms with Crippen LogP contribution >= 0.6 is 35.7 Å². The van der Waals surface area contributed by atoms with Gasteiger partial charge in [-0.1, -0.05) is 6.07 Å². The summed E-state index contributed by atoms with van der Waals surface area (Å²) in [5.74, 6) is 1.74. The Morgan fingerprint density at radius 2 is 2.32 bits per heavy atom. The molecule has 5 nitrogen and oxygen atoms in total. The smallest absolute Gasteiger partial charge is 0.191 e. The molecule has 1 saturated heterocycles. The summed E-state index contributed by atoms with van der Waals surface area (Å²) >= 11 is 2.01. The van der Waals surface area contributed by atoms with Gasteiger partial charge in [0.2, 0.25) is 0 Å². The van der Waals surface area contributed by atoms with Crippen molar-refractivity contribution in [2.75, 3.05) is 19.3 Å². The molecule has 0 radical (unpaired) electrons. The predicted molar refractivity (Wildman–Crippen MR) is 113 cm³/mol. The first kappa shape index (κ1) is 20.0. The number of hydrogen-bond donors (Lipinski definition) is 2. The van der Waals surface area contributed by atoms with E-state index in [2.05, 4.69) is 20.6 Å². The molecule has 0 aliphatic carbocycles. The standard InChI is InChI=1S/C17H22FN5S.HI/c1-19-17(22-11-14-3-2-8-24-14)21-10-13-4-5-16(15(18)9-13)23-7-6-20-12-23;/h4-7,9,12,14H,2-3,8,10-11H2,1H3,(H2,19,21,22);1H. The highest BCUT2D eigenvalue weighted by Crippen LogP contribution is 2.25. The lowest BCUT2D eigenvalue weighted by molar-refractivity contribution is 0.614. The fraction of sp³-hybridized carbons (Fsp3) is 0.412. The monoisotopic (exact) mass is 475 g/mol. The van der Waals surface area contributed by atoms with Crippen molar-refractivity contribution in [2.24, 2.45) is 4.99 Å². The lowest BCUT2D eigenvalue weighted by atomic mass is 10.2. The maximum atomic E-state index is 14.2. The van der Waals surface area contributed by atoms with Gasteiger partial charge in [-0.25, -0.2) is 9.37 Å². The zero-order chi connectivity index (χ0) is 16.8. The summed E-state index contributed by atoms with van der Waals surface area (Å²) in [5.41, 5.74) is 1.37. The van der Waals surface area contributed by atoms with Gasteiger partial charge in [0.25, 0.3) is 0 Å². The van der Waals surface area contributed by atoms with E-state index in [9.17, 15) is 4.39 Å². The van der Waals surface area contributed by atoms with Gasteiger partial charge in [-0.15, -0.1) is 24.0 Å². The van der Waals surface area contributed by atoms with Gasteiger partial charge < -0.3 is 15.2 Å². The summed E-state index contributed by atoms with van der Waals surface area (Å²) in [5, 5.41) is 7.24. The van der Waals surface area contributed by atoms with Gasteiger partial charge in [-0.05, 0) is 36.3 Å². The lowest BCUT2D eigenvalue weighted by Gasteiger charge is -2.15. The Kier molecular flexibility index (Phi) is 8.01. The van der Waals surface area contributed by atoms with Crippen molar-refractivity contribution in [2.45, 2.75) is 24.6 Å². The third-order valence-electron chi connectivity index (χ3n) is 4.00. The summed E-state index contributed by atoms with van der Waals surface area (Å²) in [6, 6.07) is 5.22. The van der Waals surface area contributed by atoms with Gasteiger partial charge >= 0.3 is 0 Å². The molecule has 3 rings (SSSR count). The van der Waals surface area contributed by atoms with Gasteiger partial charge in [0, 0.05) is 37.8 Å². The lowest BCUT2D eigenvalue weighted by Crippen LogP contribution is -2.39. The molecule has 0 saturated carbocycles. The second-order valence-corrected chi connectivity index (χ2v) is 7.11. The normalized spacial score (nSPS) is 17.2. The van der Waals surface area contributed by atoms with E-state index in [4.69, 9.17) is 0 Å². The van der Waals surface area contributed by atoms with Crippen LogP contribution in [0.1, 0.15) is 18.4 Å². The van der Waals surface area contributed by atoms with Crippen molar-refractivity contribution in [1.29, 1.82) is 0 Å². The number of aliphatic imine (C=N–C) groups is 1. The molecule has 1 unspecified atom stereocenters. The minimum atomic E-state index is -0.266. The number of guanidine groups is 1. The van der Waals surface area contributed by atoms with Crippen LogP contribution in [0, 0.1) is 5.82 Å². The minimum Gasteiger partial charge on any atom is -0.355 e. The quantitative estimate of drug-likeness (QED) is 0.397. The van der Waals surface area contributed by atoms with Crippen LogP contribution in [0.2, 0.25) is 0 Å². The van der Waals surface area contributed by atoms with Crippen molar-refractivity contribution < 1.29 is 4.39 Å². The summed E-state index contributed by atoms with van der Waals surface area (Å²) in [6.07, 6.45) is 7.50. The van der Waals surface area contributed by atoms with E-state index in [0.717, 1.165) is 18.1 Å². The summed E-state index contributed by atoms with van der Waals surface area (Å²) in [7, 11) is 1.75. The molecule has 1 aromatic carbocycles. The first-order valence-corrected chi connectivity index (χ1v) is 9.14. The van der Waals surface area contributed by atoms with E-state index in [1.54, 1.807) is 42.5 Å². The van der Waals surface area contributed by atoms with Crippen LogP contribution in [-0.4, -0.2) is 40.1 Å². The number of aromatic nitrogens is 2. The zero-order valence-electron chi connectivity index (χ0n) is 14.1. The van der Waals surface area contributed by atoms with Crippen molar-refractivity contribution >= 4 is 41.7 Å². The molecular formula is C17H23FIN5S. The van der Waals surface area contributed by atoms with E-state index in [1.807, 2.05) is 17.8 Å². The third-order valence-corrected chi connectivity index (χ3v) is 5.40. The van der Waals surface area contributed by atoms with E-state index in [-0.39, 0.29) is 29.8 Å². The highest BCUT2D eigenvalue weighted by molar-refractivity contribution is 14.0. The molecule has 1 atom stereocenters. The summed E-state index contributed by atoms with van der Waals surface area (Å²) in [4.78, 5) is 8.17. The van der Waals surface area contributed by atoms with Gasteiger partial charge in [-0.3, -0.25) is 4.99 Å². The minimum absolute atomic E-state index is 0. The second kappa shape index (κ2) is 10.0. The summed E-state index contributed by atoms with van der Waals surface area (Å²) in [6.45, 7) is 1.44. The van der Waals surface area contributed by atoms with Gasteiger partial charge in [0.15, 0.2) is 5.96 Å². The Hall–Kier alpha value is -1.29. The molecule has 1 fully saturated rings. The Morgan fingerprint density at radius 3 is 2.96 bits per heavy atom. The maximum Gasteiger partial charge on any atom is 0.191 e. The first-order valence-electron chi connectivity index (χ1n) is 8.09. The average molecular weight is 475 g/mol. The van der Waals surface area contributed by atoms with Crippen molar-refractivity contribution in [1.82, 2.24) is 20.2 Å². The molecule has 1 aliphatic rings. The molecule has 0 spiro atoms. The van der Waals surface area contributed by atoms with E-state index in [1.165, 1.54) is 18.6 Å². The van der Waals surface area contributed by atoms with Crippen LogP contribution < -0.4 is 10.6 Å². The number of nitrogens with one attached hydrogen (secondary N) is 2. The molecule has 0 amide bonds. The Bertz CT molecular complexity index is 686. The third kappa shape index (κ3) is 5.60. The number of thioether (sulfide) groups is 1. The van der Waals surface area contributed by atoms with E-state index >= 15 is 0 Å². The highest BCUT2D eigenvalue weighted by atomic mass is 127. The van der Waals surface area contributed by atoms with Crippen LogP contribution in [0.4, 0.5) is 4.39 Å². The Morgan fingerprint density at radius 1 is 1.44 bits per heavy atom. The molecule has 1 aliphatic heterocycles. The topological polar surface area (TPSA) is 54.2 Å². The molecule has 2 heterocycles. The number of imidazole rings is 1. The molecule has 8 heteroatoms. The van der Waals surface area contributed by atoms with Gasteiger partial charge in [0.1, 0.15) is 5.82 Å². The maximum absolute atomic E-state index is 14.2. The van der Waals surface area contributed by atoms with Crippen molar-refractivity contribution in [3.8, 4) is 5.69 Å². The van der Waals surface area contributed by atoms with Crippen molar-refractivity contribution in [3.05, 3.63) is 48.3 Å². The van der Waals surface area contributed by atoms with Crippen LogP contribution in [0.5, 0.6) is 0 Å². The molecular weight excluding hydrogens is 452 g/mol. The second-order valence-electron chi connectivity index (χ2n) is 5.70. The Balaban J connectivity index is 0.00000225. The Labute approximate surface area is 168 Å². The largest absolute Gasteiger partial charge is 0.355 e. The summed E-state index contributed by atoms with van der Waals surface area (Å²) < 4.78 is 15.9. The SMILES string of the molecule is CN=C(NCc1ccc(-n2ccnc2)c(F)c1)NCC1CCCS1.I. The predicted octanol–water partition coefficient (Wildman–Crippen LogP) is 3.19. The van der Waals surface area contributed by atoms with Crippen LogP contribution in [-0.2, 0) is 6.54 Å². The number of halogens is 2. The number of rotatable bonds is 5. The molecule has 2 aromatic rings. The van der Waals surface area contributed by atoms with E-state index < -0.39 is 0 Å². The van der Waals surface area contributed by atoms with Crippen LogP contribution in [0.25, 0.3) is 5.69 Å². The van der Waals surface area contributed by atoms with E-state index in [0.29, 0.717) is 17.5 Å². The molecule has 136 valence electrons. The molecule has 2 N–H and O–H groups in total.